The first-order valence-corrected chi connectivity index (χ1v) is 8.16. The monoisotopic (exact) mass is 397 g/mol. The number of ether oxygens (including phenoxy) is 2. The van der Waals surface area contributed by atoms with E-state index in [4.69, 9.17) is 21.1 Å². The molecule has 0 spiro atoms. The number of aryl methyl sites for hydroxylation is 1. The highest BCUT2D eigenvalue weighted by atomic mass is 79.9. The molecule has 0 bridgehead atoms. The first kappa shape index (κ1) is 17.6. The van der Waals surface area contributed by atoms with Gasteiger partial charge in [0, 0.05) is 12.1 Å². The van der Waals surface area contributed by atoms with Crippen LogP contribution in [0.25, 0.3) is 0 Å². The number of halogens is 2. The van der Waals surface area contributed by atoms with Crippen LogP contribution in [0.1, 0.15) is 12.0 Å². The van der Waals surface area contributed by atoms with Gasteiger partial charge in [-0.05, 0) is 58.2 Å². The van der Waals surface area contributed by atoms with E-state index in [1.54, 1.807) is 32.4 Å². The van der Waals surface area contributed by atoms with Gasteiger partial charge in [0.15, 0.2) is 0 Å². The average molecular weight is 399 g/mol. The van der Waals surface area contributed by atoms with Crippen LogP contribution in [0, 0.1) is 0 Å². The molecular weight excluding hydrogens is 382 g/mol. The Morgan fingerprint density at radius 3 is 2.43 bits per heavy atom. The minimum atomic E-state index is -0.0711. The first-order valence-electron chi connectivity index (χ1n) is 6.99. The zero-order valence-corrected chi connectivity index (χ0v) is 15.2. The highest BCUT2D eigenvalue weighted by molar-refractivity contribution is 9.10. The molecule has 1 N–H and O–H groups in total. The maximum absolute atomic E-state index is 12.0. The van der Waals surface area contributed by atoms with E-state index >= 15 is 0 Å². The fourth-order valence-corrected chi connectivity index (χ4v) is 2.94. The van der Waals surface area contributed by atoms with Crippen LogP contribution in [0.4, 0.5) is 5.69 Å². The Hall–Kier alpha value is -1.72. The highest BCUT2D eigenvalue weighted by Gasteiger charge is 2.07. The molecule has 0 saturated heterocycles. The molecule has 0 fully saturated rings. The third kappa shape index (κ3) is 4.88. The lowest BCUT2D eigenvalue weighted by Gasteiger charge is -2.09. The number of rotatable bonds is 6. The Kier molecular flexibility index (Phi) is 6.30. The molecular formula is C17H17BrClNO3. The second-order valence-electron chi connectivity index (χ2n) is 4.87. The Bertz CT molecular complexity index is 706. The van der Waals surface area contributed by atoms with Gasteiger partial charge in [-0.1, -0.05) is 17.7 Å². The van der Waals surface area contributed by atoms with Crippen molar-refractivity contribution in [1.82, 2.24) is 0 Å². The van der Waals surface area contributed by atoms with E-state index in [1.807, 2.05) is 18.2 Å². The smallest absolute Gasteiger partial charge is 0.224 e. The molecule has 0 aliphatic rings. The lowest BCUT2D eigenvalue weighted by Crippen LogP contribution is -2.12. The van der Waals surface area contributed by atoms with Crippen molar-refractivity contribution in [2.24, 2.45) is 0 Å². The second kappa shape index (κ2) is 8.22. The summed E-state index contributed by atoms with van der Waals surface area (Å²) in [5.74, 6) is 1.27. The number of amides is 1. The number of hydrogen-bond acceptors (Lipinski definition) is 3. The topological polar surface area (TPSA) is 47.6 Å². The molecule has 4 nitrogen and oxygen atoms in total. The molecule has 2 aromatic carbocycles. The maximum Gasteiger partial charge on any atom is 0.224 e. The van der Waals surface area contributed by atoms with Crippen LogP contribution in [0.3, 0.4) is 0 Å². The van der Waals surface area contributed by atoms with E-state index in [0.717, 1.165) is 15.8 Å². The van der Waals surface area contributed by atoms with Gasteiger partial charge in [0.2, 0.25) is 5.91 Å². The van der Waals surface area contributed by atoms with Crippen molar-refractivity contribution in [3.8, 4) is 11.5 Å². The van der Waals surface area contributed by atoms with E-state index in [1.165, 1.54) is 0 Å². The van der Waals surface area contributed by atoms with Crippen molar-refractivity contribution in [2.75, 3.05) is 19.5 Å². The summed E-state index contributed by atoms with van der Waals surface area (Å²) in [5.41, 5.74) is 1.71. The van der Waals surface area contributed by atoms with Gasteiger partial charge in [-0.3, -0.25) is 4.79 Å². The van der Waals surface area contributed by atoms with Gasteiger partial charge in [-0.2, -0.15) is 0 Å². The summed E-state index contributed by atoms with van der Waals surface area (Å²) in [4.78, 5) is 12.0. The minimum absolute atomic E-state index is 0.0711. The number of hydrogen-bond donors (Lipinski definition) is 1. The number of carbonyl (C=O) groups excluding carboxylic acids is 1. The Morgan fingerprint density at radius 1 is 1.13 bits per heavy atom. The molecule has 2 aromatic rings. The number of methoxy groups -OCH3 is 2. The fraction of sp³-hybridized carbons (Fsp3) is 0.235. The van der Waals surface area contributed by atoms with E-state index in [2.05, 4.69) is 21.2 Å². The maximum atomic E-state index is 12.0. The summed E-state index contributed by atoms with van der Waals surface area (Å²) in [6.45, 7) is 0. The summed E-state index contributed by atoms with van der Waals surface area (Å²) >= 11 is 9.48. The van der Waals surface area contributed by atoms with Gasteiger partial charge in [0.1, 0.15) is 11.5 Å². The van der Waals surface area contributed by atoms with Crippen molar-refractivity contribution < 1.29 is 14.3 Å². The predicted molar refractivity (Wildman–Crippen MR) is 95.6 cm³/mol. The molecule has 1 amide bonds. The van der Waals surface area contributed by atoms with Crippen molar-refractivity contribution in [3.05, 3.63) is 51.5 Å². The first-order chi connectivity index (χ1) is 11.0. The van der Waals surface area contributed by atoms with Gasteiger partial charge < -0.3 is 14.8 Å². The molecule has 6 heteroatoms. The van der Waals surface area contributed by atoms with E-state index in [0.29, 0.717) is 29.3 Å². The fourth-order valence-electron chi connectivity index (χ4n) is 2.09. The van der Waals surface area contributed by atoms with Gasteiger partial charge in [0.05, 0.1) is 23.7 Å². The van der Waals surface area contributed by atoms with Gasteiger partial charge in [-0.15, -0.1) is 0 Å². The summed E-state index contributed by atoms with van der Waals surface area (Å²) in [7, 11) is 3.17. The van der Waals surface area contributed by atoms with Crippen LogP contribution in [-0.2, 0) is 11.2 Å². The van der Waals surface area contributed by atoms with Gasteiger partial charge >= 0.3 is 0 Å². The third-order valence-electron chi connectivity index (χ3n) is 3.29. The van der Waals surface area contributed by atoms with Crippen LogP contribution in [0.5, 0.6) is 11.5 Å². The SMILES string of the molecule is COc1ccc(NC(=O)CCc2ccc(OC)c(Br)c2)cc1Cl. The van der Waals surface area contributed by atoms with E-state index in [-0.39, 0.29) is 5.91 Å². The Morgan fingerprint density at radius 2 is 1.83 bits per heavy atom. The van der Waals surface area contributed by atoms with Crippen molar-refractivity contribution in [3.63, 3.8) is 0 Å². The number of nitrogens with one attached hydrogen (secondary N) is 1. The molecule has 122 valence electrons. The molecule has 0 aliphatic carbocycles. The number of benzene rings is 2. The zero-order chi connectivity index (χ0) is 16.8. The predicted octanol–water partition coefficient (Wildman–Crippen LogP) is 4.69. The summed E-state index contributed by atoms with van der Waals surface area (Å²) in [6.07, 6.45) is 1.01. The normalized spacial score (nSPS) is 10.3. The lowest BCUT2D eigenvalue weighted by atomic mass is 10.1. The summed E-state index contributed by atoms with van der Waals surface area (Å²) in [5, 5.41) is 3.29. The molecule has 2 rings (SSSR count). The van der Waals surface area contributed by atoms with Crippen LogP contribution in [0.15, 0.2) is 40.9 Å². The van der Waals surface area contributed by atoms with Crippen LogP contribution >= 0.6 is 27.5 Å². The van der Waals surface area contributed by atoms with Crippen molar-refractivity contribution in [1.29, 1.82) is 0 Å². The Balaban J connectivity index is 1.92. The standard InChI is InChI=1S/C17H17BrClNO3/c1-22-15-6-3-11(9-13(15)18)4-8-17(21)20-12-5-7-16(23-2)14(19)10-12/h3,5-7,9-10H,4,8H2,1-2H3,(H,20,21). The van der Waals surface area contributed by atoms with Crippen molar-refractivity contribution in [2.45, 2.75) is 12.8 Å². The molecule has 0 atom stereocenters. The molecule has 0 unspecified atom stereocenters. The second-order valence-corrected chi connectivity index (χ2v) is 6.13. The molecule has 23 heavy (non-hydrogen) atoms. The van der Waals surface area contributed by atoms with E-state index in [9.17, 15) is 4.79 Å². The zero-order valence-electron chi connectivity index (χ0n) is 12.9. The molecule has 0 aliphatic heterocycles. The average Bonchev–Trinajstić information content (AvgIpc) is 2.53. The number of anilines is 1. The quantitative estimate of drug-likeness (QED) is 0.768. The summed E-state index contributed by atoms with van der Waals surface area (Å²) in [6, 6.07) is 10.9. The van der Waals surface area contributed by atoms with Crippen LogP contribution in [0.2, 0.25) is 5.02 Å². The Labute approximate surface area is 148 Å². The van der Waals surface area contributed by atoms with Crippen LogP contribution in [-0.4, -0.2) is 20.1 Å². The number of carbonyl (C=O) groups is 1. The highest BCUT2D eigenvalue weighted by Crippen LogP contribution is 2.28. The third-order valence-corrected chi connectivity index (χ3v) is 4.21. The summed E-state index contributed by atoms with van der Waals surface area (Å²) < 4.78 is 11.1. The molecule has 0 radical (unpaired) electrons. The van der Waals surface area contributed by atoms with Crippen LogP contribution < -0.4 is 14.8 Å². The molecule has 0 heterocycles. The van der Waals surface area contributed by atoms with Gasteiger partial charge in [0.25, 0.3) is 0 Å². The minimum Gasteiger partial charge on any atom is -0.496 e. The lowest BCUT2D eigenvalue weighted by molar-refractivity contribution is -0.116. The van der Waals surface area contributed by atoms with E-state index < -0.39 is 0 Å². The largest absolute Gasteiger partial charge is 0.496 e. The molecule has 0 saturated carbocycles. The van der Waals surface area contributed by atoms with Gasteiger partial charge in [-0.25, -0.2) is 0 Å². The van der Waals surface area contributed by atoms with Crippen molar-refractivity contribution >= 4 is 39.1 Å². The molecule has 0 aromatic heterocycles.